The number of pyridine rings is 2. The van der Waals surface area contributed by atoms with Crippen LogP contribution < -0.4 is 31.1 Å². The highest BCUT2D eigenvalue weighted by Crippen LogP contribution is 2.40. The van der Waals surface area contributed by atoms with Gasteiger partial charge in [-0.15, -0.1) is 0 Å². The molecular formula is C49H57N11O3. The fourth-order valence-corrected chi connectivity index (χ4v) is 8.54. The number of aryl methyl sites for hydroxylation is 1. The van der Waals surface area contributed by atoms with Crippen molar-refractivity contribution in [2.75, 3.05) is 70.0 Å². The van der Waals surface area contributed by atoms with Gasteiger partial charge in [0.25, 0.3) is 11.5 Å². The third-order valence-electron chi connectivity index (χ3n) is 12.0. The van der Waals surface area contributed by atoms with Crippen LogP contribution in [0.5, 0.6) is 5.75 Å². The largest absolute Gasteiger partial charge is 0.494 e. The molecule has 14 heteroatoms. The fourth-order valence-electron chi connectivity index (χ4n) is 8.54. The van der Waals surface area contributed by atoms with Gasteiger partial charge in [-0.2, -0.15) is 0 Å². The van der Waals surface area contributed by atoms with E-state index in [1.807, 2.05) is 90.7 Å². The summed E-state index contributed by atoms with van der Waals surface area (Å²) >= 11 is 0. The molecule has 0 spiro atoms. The van der Waals surface area contributed by atoms with Gasteiger partial charge in [-0.25, -0.2) is 15.0 Å². The van der Waals surface area contributed by atoms with E-state index in [0.29, 0.717) is 35.2 Å². The van der Waals surface area contributed by atoms with Crippen molar-refractivity contribution in [3.8, 4) is 28.1 Å². The van der Waals surface area contributed by atoms with E-state index in [2.05, 4.69) is 70.8 Å². The third kappa shape index (κ3) is 8.95. The number of amides is 1. The highest BCUT2D eigenvalue weighted by molar-refractivity contribution is 6.06. The number of nitrogens with one attached hydrogen (secondary N) is 3. The van der Waals surface area contributed by atoms with Crippen molar-refractivity contribution in [2.24, 2.45) is 7.05 Å². The molecule has 0 bridgehead atoms. The molecule has 0 atom stereocenters. The molecule has 0 saturated carbocycles. The Balaban J connectivity index is 1.13. The number of carbonyl (C=O) groups is 1. The lowest BCUT2D eigenvalue weighted by atomic mass is 9.94. The first-order chi connectivity index (χ1) is 30.4. The normalized spacial score (nSPS) is 13.3. The van der Waals surface area contributed by atoms with Gasteiger partial charge < -0.3 is 44.2 Å². The number of para-hydroxylation sites is 1. The van der Waals surface area contributed by atoms with Crippen LogP contribution in [0.15, 0.2) is 108 Å². The first-order valence-corrected chi connectivity index (χ1v) is 21.5. The molecule has 1 aliphatic heterocycles. The van der Waals surface area contributed by atoms with E-state index >= 15 is 0 Å². The average molecular weight is 848 g/mol. The van der Waals surface area contributed by atoms with Crippen LogP contribution in [-0.4, -0.2) is 93.9 Å². The van der Waals surface area contributed by atoms with Crippen LogP contribution in [0, 0.1) is 0 Å². The van der Waals surface area contributed by atoms with E-state index in [9.17, 15) is 9.59 Å². The molecule has 14 nitrogen and oxygen atoms in total. The summed E-state index contributed by atoms with van der Waals surface area (Å²) in [6, 6.07) is 21.7. The zero-order chi connectivity index (χ0) is 44.4. The second-order valence-electron chi connectivity index (χ2n) is 16.9. The number of hydrogen-bond donors (Lipinski definition) is 3. The number of ether oxygens (including phenoxy) is 1. The Hall–Kier alpha value is -6.77. The molecule has 5 aromatic heterocycles. The number of nitrogens with zero attached hydrogens (tertiary/aromatic N) is 8. The fraction of sp³-hybridized carbons (Fsp3) is 0.327. The summed E-state index contributed by atoms with van der Waals surface area (Å²) in [5, 5.41) is 12.2. The topological polar surface area (TPSA) is 139 Å². The molecular weight excluding hydrogens is 791 g/mol. The minimum absolute atomic E-state index is 0.0117. The summed E-state index contributed by atoms with van der Waals surface area (Å²) < 4.78 is 11.9. The number of carbonyl (C=O) groups excluding carboxylic acids is 1. The predicted octanol–water partition coefficient (Wildman–Crippen LogP) is 7.81. The average Bonchev–Trinajstić information content (AvgIpc) is 3.83. The maximum Gasteiger partial charge on any atom is 0.252 e. The van der Waals surface area contributed by atoms with Gasteiger partial charge in [0.1, 0.15) is 11.4 Å². The lowest BCUT2D eigenvalue weighted by Gasteiger charge is -2.26. The Kier molecular flexibility index (Phi) is 12.5. The molecule has 1 amide bonds. The number of anilines is 4. The number of benzene rings is 2. The summed E-state index contributed by atoms with van der Waals surface area (Å²) in [6.45, 7) is 11.9. The molecule has 0 unspecified atom stereocenters. The molecule has 2 aromatic carbocycles. The Morgan fingerprint density at radius 2 is 1.71 bits per heavy atom. The van der Waals surface area contributed by atoms with Crippen molar-refractivity contribution in [1.82, 2.24) is 38.9 Å². The van der Waals surface area contributed by atoms with E-state index in [0.717, 1.165) is 88.2 Å². The molecule has 0 aliphatic carbocycles. The number of hydrogen-bond acceptors (Lipinski definition) is 10. The predicted molar refractivity (Wildman–Crippen MR) is 254 cm³/mol. The number of piperidine rings is 1. The van der Waals surface area contributed by atoms with Crippen molar-refractivity contribution < 1.29 is 9.53 Å². The van der Waals surface area contributed by atoms with Gasteiger partial charge in [0, 0.05) is 109 Å². The number of fused-ring (bicyclic) bond motifs is 2. The van der Waals surface area contributed by atoms with E-state index in [1.165, 1.54) is 0 Å². The van der Waals surface area contributed by atoms with Gasteiger partial charge in [-0.3, -0.25) is 9.59 Å². The lowest BCUT2D eigenvalue weighted by Crippen LogP contribution is -2.30. The molecule has 1 aliphatic rings. The summed E-state index contributed by atoms with van der Waals surface area (Å²) in [4.78, 5) is 45.8. The quantitative estimate of drug-likeness (QED) is 0.0877. The maximum atomic E-state index is 14.5. The van der Waals surface area contributed by atoms with Gasteiger partial charge in [0.2, 0.25) is 5.95 Å². The molecule has 1 fully saturated rings. The van der Waals surface area contributed by atoms with Gasteiger partial charge in [-0.05, 0) is 101 Å². The van der Waals surface area contributed by atoms with E-state index < -0.39 is 0 Å². The van der Waals surface area contributed by atoms with Crippen LogP contribution in [0.2, 0.25) is 0 Å². The first-order valence-electron chi connectivity index (χ1n) is 21.5. The third-order valence-corrected chi connectivity index (χ3v) is 12.0. The molecule has 1 saturated heterocycles. The lowest BCUT2D eigenvalue weighted by molar-refractivity contribution is -0.113. The van der Waals surface area contributed by atoms with Crippen molar-refractivity contribution in [3.63, 3.8) is 0 Å². The summed E-state index contributed by atoms with van der Waals surface area (Å²) in [7, 11) is 9.72. The molecule has 3 N–H and O–H groups in total. The Bertz CT molecular complexity index is 2870. The standard InChI is InChI=1S/C49H57N11O3/c1-31(2)59-29-34(13-14-46(59)61)35-17-21-51-47-37(35)25-43(33-15-19-50-20-16-33)60(47)28-32(3)48(62)53-40-26-41(45(63-8)27-44(40)57(6)24-23-56(4)5)55-49-52-22-18-39(54-49)38-30-58(7)42-12-10-9-11-36(38)42/h9-14,17-18,21-22,25-27,29-31,33,50H,3,15-16,19-20,23-24,28H2,1-2,4-8H3,(H,53,62)(H,52,54,55). The summed E-state index contributed by atoms with van der Waals surface area (Å²) in [5.74, 6) is 0.894. The first kappa shape index (κ1) is 42.9. The monoisotopic (exact) mass is 847 g/mol. The molecule has 0 radical (unpaired) electrons. The smallest absolute Gasteiger partial charge is 0.252 e. The molecule has 6 heterocycles. The van der Waals surface area contributed by atoms with Crippen molar-refractivity contribution in [2.45, 2.75) is 45.2 Å². The van der Waals surface area contributed by atoms with Crippen LogP contribution in [-0.2, 0) is 18.4 Å². The number of methoxy groups -OCH3 is 1. The highest BCUT2D eigenvalue weighted by atomic mass is 16.5. The SMILES string of the molecule is C=C(Cn1c(C2CCNCC2)cc2c(-c3ccc(=O)n(C(C)C)c3)ccnc21)C(=O)Nc1cc(Nc2nccc(-c3cn(C)c4ccccc34)n2)c(OC)cc1N(C)CCN(C)C. The van der Waals surface area contributed by atoms with Crippen LogP contribution in [0.4, 0.5) is 23.0 Å². The summed E-state index contributed by atoms with van der Waals surface area (Å²) in [5.41, 5.74) is 8.95. The number of aromatic nitrogens is 6. The molecule has 8 rings (SSSR count). The molecule has 7 aromatic rings. The minimum atomic E-state index is -0.319. The van der Waals surface area contributed by atoms with Crippen LogP contribution >= 0.6 is 0 Å². The van der Waals surface area contributed by atoms with Crippen molar-refractivity contribution in [3.05, 3.63) is 120 Å². The van der Waals surface area contributed by atoms with Crippen LogP contribution in [0.1, 0.15) is 44.3 Å². The maximum absolute atomic E-state index is 14.5. The van der Waals surface area contributed by atoms with Gasteiger partial charge in [0.15, 0.2) is 0 Å². The van der Waals surface area contributed by atoms with Gasteiger partial charge in [0.05, 0.1) is 36.4 Å². The van der Waals surface area contributed by atoms with E-state index in [1.54, 1.807) is 30.1 Å². The van der Waals surface area contributed by atoms with Gasteiger partial charge in [-0.1, -0.05) is 24.8 Å². The zero-order valence-electron chi connectivity index (χ0n) is 37.3. The zero-order valence-corrected chi connectivity index (χ0v) is 37.3. The molecule has 63 heavy (non-hydrogen) atoms. The summed E-state index contributed by atoms with van der Waals surface area (Å²) in [6.07, 6.45) is 9.46. The van der Waals surface area contributed by atoms with E-state index in [4.69, 9.17) is 14.7 Å². The van der Waals surface area contributed by atoms with Gasteiger partial charge >= 0.3 is 0 Å². The Morgan fingerprint density at radius 1 is 0.937 bits per heavy atom. The minimum Gasteiger partial charge on any atom is -0.494 e. The highest BCUT2D eigenvalue weighted by Gasteiger charge is 2.25. The van der Waals surface area contributed by atoms with E-state index in [-0.39, 0.29) is 30.0 Å². The van der Waals surface area contributed by atoms with Crippen LogP contribution in [0.3, 0.4) is 0 Å². The second-order valence-corrected chi connectivity index (χ2v) is 16.9. The van der Waals surface area contributed by atoms with Crippen molar-refractivity contribution >= 4 is 50.9 Å². The number of rotatable bonds is 15. The second kappa shape index (κ2) is 18.3. The van der Waals surface area contributed by atoms with Crippen molar-refractivity contribution in [1.29, 1.82) is 0 Å². The van der Waals surface area contributed by atoms with Crippen LogP contribution in [0.25, 0.3) is 44.3 Å². The Labute approximate surface area is 368 Å². The Morgan fingerprint density at radius 3 is 2.48 bits per heavy atom. The molecule has 326 valence electrons. The number of likely N-dealkylation sites (N-methyl/N-ethyl adjacent to an activating group) is 2.